The van der Waals surface area contributed by atoms with Crippen molar-refractivity contribution in [2.24, 2.45) is 0 Å². The highest BCUT2D eigenvalue weighted by atomic mass is 35.5. The molecule has 0 saturated carbocycles. The van der Waals surface area contributed by atoms with E-state index in [9.17, 15) is 0 Å². The first-order valence-corrected chi connectivity index (χ1v) is 6.79. The predicted octanol–water partition coefficient (Wildman–Crippen LogP) is 4.18. The van der Waals surface area contributed by atoms with Gasteiger partial charge in [0.05, 0.1) is 0 Å². The molecule has 0 aliphatic rings. The van der Waals surface area contributed by atoms with E-state index in [1.54, 1.807) is 0 Å². The van der Waals surface area contributed by atoms with Gasteiger partial charge in [-0.3, -0.25) is 0 Å². The molecule has 1 heterocycles. The van der Waals surface area contributed by atoms with Crippen LogP contribution in [0.15, 0.2) is 24.4 Å². The third kappa shape index (κ3) is 2.01. The van der Waals surface area contributed by atoms with Gasteiger partial charge in [-0.2, -0.15) is 11.8 Å². The van der Waals surface area contributed by atoms with Crippen molar-refractivity contribution in [3.05, 3.63) is 35.0 Å². The molecule has 0 fully saturated rings. The first-order valence-electron chi connectivity index (χ1n) is 5.02. The number of benzene rings is 1. The average Bonchev–Trinajstić information content (AvgIpc) is 2.56. The maximum absolute atomic E-state index is 6.02. The van der Waals surface area contributed by atoms with Gasteiger partial charge in [0.2, 0.25) is 0 Å². The lowest BCUT2D eigenvalue weighted by atomic mass is 10.2. The first-order chi connectivity index (χ1) is 7.26. The van der Waals surface area contributed by atoms with Crippen LogP contribution in [0, 0.1) is 0 Å². The maximum atomic E-state index is 6.02. The Morgan fingerprint density at radius 3 is 2.87 bits per heavy atom. The zero-order chi connectivity index (χ0) is 10.8. The van der Waals surface area contributed by atoms with E-state index in [-0.39, 0.29) is 0 Å². The fraction of sp³-hybridized carbons (Fsp3) is 0.333. The van der Waals surface area contributed by atoms with E-state index in [4.69, 9.17) is 11.6 Å². The van der Waals surface area contributed by atoms with Crippen molar-refractivity contribution in [1.82, 2.24) is 4.57 Å². The van der Waals surface area contributed by atoms with E-state index in [2.05, 4.69) is 30.0 Å². The molecule has 80 valence electrons. The number of halogens is 1. The number of nitrogens with zero attached hydrogens (tertiary/aromatic N) is 1. The van der Waals surface area contributed by atoms with Crippen LogP contribution in [0.3, 0.4) is 0 Å². The van der Waals surface area contributed by atoms with E-state index in [1.165, 1.54) is 16.5 Å². The molecule has 0 unspecified atom stereocenters. The van der Waals surface area contributed by atoms with Gasteiger partial charge in [0, 0.05) is 34.4 Å². The summed E-state index contributed by atoms with van der Waals surface area (Å²) >= 11 is 7.87. The fourth-order valence-electron chi connectivity index (χ4n) is 1.87. The highest BCUT2D eigenvalue weighted by Gasteiger charge is 2.07. The Hall–Kier alpha value is -0.600. The molecule has 0 aliphatic heterocycles. The standard InChI is InChI=1S/C12H14ClNS/c1-3-14-7-9(8-15-2)11-5-4-10(13)6-12(11)14/h4-7H,3,8H2,1-2H3. The van der Waals surface area contributed by atoms with Crippen molar-refractivity contribution in [2.75, 3.05) is 6.26 Å². The summed E-state index contributed by atoms with van der Waals surface area (Å²) in [7, 11) is 0. The van der Waals surface area contributed by atoms with Crippen LogP contribution in [-0.4, -0.2) is 10.8 Å². The summed E-state index contributed by atoms with van der Waals surface area (Å²) in [5.74, 6) is 1.06. The molecule has 1 aromatic heterocycles. The highest BCUT2D eigenvalue weighted by Crippen LogP contribution is 2.26. The van der Waals surface area contributed by atoms with Gasteiger partial charge < -0.3 is 4.57 Å². The zero-order valence-electron chi connectivity index (χ0n) is 8.96. The van der Waals surface area contributed by atoms with E-state index in [0.717, 1.165) is 17.3 Å². The monoisotopic (exact) mass is 239 g/mol. The molecule has 0 aliphatic carbocycles. The molecule has 0 spiro atoms. The van der Waals surface area contributed by atoms with E-state index in [1.807, 2.05) is 23.9 Å². The van der Waals surface area contributed by atoms with Gasteiger partial charge in [-0.05, 0) is 30.9 Å². The van der Waals surface area contributed by atoms with E-state index < -0.39 is 0 Å². The summed E-state index contributed by atoms with van der Waals surface area (Å²) in [5.41, 5.74) is 2.64. The largest absolute Gasteiger partial charge is 0.347 e. The lowest BCUT2D eigenvalue weighted by molar-refractivity contribution is 0.795. The van der Waals surface area contributed by atoms with Crippen LogP contribution in [0.5, 0.6) is 0 Å². The lowest BCUT2D eigenvalue weighted by Gasteiger charge is -1.99. The van der Waals surface area contributed by atoms with Crippen LogP contribution in [0.2, 0.25) is 5.02 Å². The summed E-state index contributed by atoms with van der Waals surface area (Å²) in [6.07, 6.45) is 4.36. The molecule has 3 heteroatoms. The Kier molecular flexibility index (Phi) is 3.27. The van der Waals surface area contributed by atoms with Crippen molar-refractivity contribution in [3.63, 3.8) is 0 Å². The number of aryl methyl sites for hydroxylation is 1. The van der Waals surface area contributed by atoms with Crippen LogP contribution in [-0.2, 0) is 12.3 Å². The van der Waals surface area contributed by atoms with Crippen LogP contribution in [0.1, 0.15) is 12.5 Å². The summed E-state index contributed by atoms with van der Waals surface area (Å²) < 4.78 is 2.26. The molecule has 0 atom stereocenters. The van der Waals surface area contributed by atoms with Gasteiger partial charge in [-0.1, -0.05) is 17.7 Å². The third-order valence-corrected chi connectivity index (χ3v) is 3.40. The zero-order valence-corrected chi connectivity index (χ0v) is 10.5. The quantitative estimate of drug-likeness (QED) is 0.778. The molecule has 1 nitrogen and oxygen atoms in total. The van der Waals surface area contributed by atoms with E-state index >= 15 is 0 Å². The third-order valence-electron chi connectivity index (χ3n) is 2.57. The molecule has 1 aromatic carbocycles. The number of thioether (sulfide) groups is 1. The predicted molar refractivity (Wildman–Crippen MR) is 69.8 cm³/mol. The Balaban J connectivity index is 2.64. The van der Waals surface area contributed by atoms with Crippen molar-refractivity contribution < 1.29 is 0 Å². The second kappa shape index (κ2) is 4.50. The number of hydrogen-bond acceptors (Lipinski definition) is 1. The van der Waals surface area contributed by atoms with Gasteiger partial charge in [0.15, 0.2) is 0 Å². The smallest absolute Gasteiger partial charge is 0.0498 e. The number of fused-ring (bicyclic) bond motifs is 1. The first kappa shape index (κ1) is 10.9. The fourth-order valence-corrected chi connectivity index (χ4v) is 2.58. The van der Waals surface area contributed by atoms with Crippen LogP contribution < -0.4 is 0 Å². The molecule has 0 N–H and O–H groups in total. The second-order valence-corrected chi connectivity index (χ2v) is 4.84. The van der Waals surface area contributed by atoms with Crippen molar-refractivity contribution in [2.45, 2.75) is 19.2 Å². The van der Waals surface area contributed by atoms with Gasteiger partial charge in [0.25, 0.3) is 0 Å². The summed E-state index contributed by atoms with van der Waals surface area (Å²) in [5, 5.41) is 2.14. The SMILES string of the molecule is CCn1cc(CSC)c2ccc(Cl)cc21. The Morgan fingerprint density at radius 1 is 1.40 bits per heavy atom. The minimum Gasteiger partial charge on any atom is -0.347 e. The number of rotatable bonds is 3. The highest BCUT2D eigenvalue weighted by molar-refractivity contribution is 7.97. The number of hydrogen-bond donors (Lipinski definition) is 0. The van der Waals surface area contributed by atoms with Gasteiger partial charge in [-0.15, -0.1) is 0 Å². The molecular formula is C12H14ClNS. The molecule has 2 rings (SSSR count). The van der Waals surface area contributed by atoms with Crippen LogP contribution >= 0.6 is 23.4 Å². The average molecular weight is 240 g/mol. The minimum atomic E-state index is 0.811. The summed E-state index contributed by atoms with van der Waals surface area (Å²) in [4.78, 5) is 0. The normalized spacial score (nSPS) is 11.1. The maximum Gasteiger partial charge on any atom is 0.0498 e. The van der Waals surface area contributed by atoms with Gasteiger partial charge >= 0.3 is 0 Å². The Morgan fingerprint density at radius 2 is 2.20 bits per heavy atom. The molecule has 0 radical (unpaired) electrons. The molecule has 0 bridgehead atoms. The van der Waals surface area contributed by atoms with Crippen molar-refractivity contribution >= 4 is 34.3 Å². The topological polar surface area (TPSA) is 4.93 Å². The Labute approximate surface area is 99.4 Å². The molecule has 0 amide bonds. The second-order valence-electron chi connectivity index (χ2n) is 3.53. The van der Waals surface area contributed by atoms with Crippen molar-refractivity contribution in [1.29, 1.82) is 0 Å². The molecule has 15 heavy (non-hydrogen) atoms. The molecule has 0 saturated heterocycles. The summed E-state index contributed by atoms with van der Waals surface area (Å²) in [6, 6.07) is 6.13. The molecular weight excluding hydrogens is 226 g/mol. The lowest BCUT2D eigenvalue weighted by Crippen LogP contribution is -1.90. The molecule has 2 aromatic rings. The van der Waals surface area contributed by atoms with E-state index in [0.29, 0.717) is 0 Å². The van der Waals surface area contributed by atoms with Gasteiger partial charge in [0.1, 0.15) is 0 Å². The number of aromatic nitrogens is 1. The summed E-state index contributed by atoms with van der Waals surface area (Å²) in [6.45, 7) is 3.15. The van der Waals surface area contributed by atoms with Crippen molar-refractivity contribution in [3.8, 4) is 0 Å². The minimum absolute atomic E-state index is 0.811. The Bertz CT molecular complexity index is 476. The van der Waals surface area contributed by atoms with Crippen LogP contribution in [0.25, 0.3) is 10.9 Å². The van der Waals surface area contributed by atoms with Gasteiger partial charge in [-0.25, -0.2) is 0 Å². The van der Waals surface area contributed by atoms with Crippen LogP contribution in [0.4, 0.5) is 0 Å².